The first-order chi connectivity index (χ1) is 14.5. The van der Waals surface area contributed by atoms with Gasteiger partial charge in [0.05, 0.1) is 4.11 Å². The van der Waals surface area contributed by atoms with Crippen molar-refractivity contribution < 1.29 is 16.4 Å². The summed E-state index contributed by atoms with van der Waals surface area (Å²) in [5, 5.41) is 2.04. The van der Waals surface area contributed by atoms with Crippen LogP contribution < -0.4 is 4.90 Å². The highest BCUT2D eigenvalue weighted by Gasteiger charge is 2.42. The molecular formula is C21H28N2O2S. The van der Waals surface area contributed by atoms with E-state index in [2.05, 4.69) is 11.0 Å². The van der Waals surface area contributed by atoms with E-state index in [1.165, 1.54) is 16.7 Å². The van der Waals surface area contributed by atoms with E-state index in [0.29, 0.717) is 18.8 Å². The summed E-state index contributed by atoms with van der Waals surface area (Å²) in [7, 11) is -2.73. The van der Waals surface area contributed by atoms with Crippen molar-refractivity contribution in [1.82, 2.24) is 4.90 Å². The summed E-state index contributed by atoms with van der Waals surface area (Å²) in [6, 6.07) is 12.7. The van der Waals surface area contributed by atoms with Gasteiger partial charge in [-0.1, -0.05) is 31.2 Å². The summed E-state index contributed by atoms with van der Waals surface area (Å²) >= 11 is 1.71. The number of piperidine rings is 1. The summed E-state index contributed by atoms with van der Waals surface area (Å²) in [5.41, 5.74) is -1.03. The van der Waals surface area contributed by atoms with Gasteiger partial charge in [-0.05, 0) is 30.0 Å². The quantitative estimate of drug-likeness (QED) is 0.679. The van der Waals surface area contributed by atoms with E-state index < -0.39 is 25.0 Å². The molecule has 2 aromatic rings. The van der Waals surface area contributed by atoms with Gasteiger partial charge in [-0.25, -0.2) is 0 Å². The highest BCUT2D eigenvalue weighted by atomic mass is 32.1. The van der Waals surface area contributed by atoms with Gasteiger partial charge in [0.2, 0.25) is 5.91 Å². The second-order valence-electron chi connectivity index (χ2n) is 6.45. The van der Waals surface area contributed by atoms with Gasteiger partial charge in [-0.3, -0.25) is 9.69 Å². The molecule has 140 valence electrons. The van der Waals surface area contributed by atoms with Crippen molar-refractivity contribution in [2.75, 3.05) is 31.6 Å². The van der Waals surface area contributed by atoms with Gasteiger partial charge < -0.3 is 9.64 Å². The third-order valence-corrected chi connectivity index (χ3v) is 5.86. The highest BCUT2D eigenvalue weighted by Crippen LogP contribution is 2.34. The highest BCUT2D eigenvalue weighted by molar-refractivity contribution is 7.09. The van der Waals surface area contributed by atoms with Gasteiger partial charge in [0.15, 0.2) is 0 Å². The minimum atomic E-state index is -2.73. The third-order valence-electron chi connectivity index (χ3n) is 4.92. The normalized spacial score (nSPS) is 21.0. The average Bonchev–Trinajstić information content (AvgIpc) is 3.20. The molecule has 0 atom stereocenters. The molecule has 1 aliphatic rings. The molecule has 0 N–H and O–H groups in total. The standard InChI is InChI=1S/C21H28N2O2S/c1-3-20(24)23(18-8-5-4-6-9-18)21(25-2)12-15-22(16-13-21)14-11-19-10-7-17-26-19/h4-10,17H,3,11-16H2,1-2H3/i2D3,3D2. The monoisotopic (exact) mass is 377 g/mol. The van der Waals surface area contributed by atoms with Crippen molar-refractivity contribution in [3.63, 3.8) is 0 Å². The first-order valence-corrected chi connectivity index (χ1v) is 9.73. The number of likely N-dealkylation sites (tertiary alicyclic amines) is 1. The maximum absolute atomic E-state index is 13.2. The number of nitrogens with zero attached hydrogens (tertiary/aromatic N) is 2. The molecule has 0 unspecified atom stereocenters. The van der Waals surface area contributed by atoms with Gasteiger partial charge in [-0.15, -0.1) is 11.3 Å². The predicted octanol–water partition coefficient (Wildman–Crippen LogP) is 4.17. The van der Waals surface area contributed by atoms with Crippen LogP contribution in [0.4, 0.5) is 5.69 Å². The lowest BCUT2D eigenvalue weighted by Gasteiger charge is -2.47. The Morgan fingerprint density at radius 1 is 1.31 bits per heavy atom. The van der Waals surface area contributed by atoms with Crippen molar-refractivity contribution in [2.45, 2.75) is 38.3 Å². The number of benzene rings is 1. The molecule has 4 nitrogen and oxygen atoms in total. The maximum Gasteiger partial charge on any atom is 0.229 e. The summed E-state index contributed by atoms with van der Waals surface area (Å²) < 4.78 is 44.8. The minimum Gasteiger partial charge on any atom is -0.358 e. The number of methoxy groups -OCH3 is 1. The van der Waals surface area contributed by atoms with Crippen LogP contribution in [0.1, 0.15) is 37.9 Å². The Morgan fingerprint density at radius 3 is 2.69 bits per heavy atom. The van der Waals surface area contributed by atoms with E-state index in [9.17, 15) is 4.79 Å². The average molecular weight is 378 g/mol. The maximum atomic E-state index is 13.2. The third kappa shape index (κ3) is 4.17. The van der Waals surface area contributed by atoms with Crippen LogP contribution in [0.3, 0.4) is 0 Å². The van der Waals surface area contributed by atoms with Crippen molar-refractivity contribution in [2.24, 2.45) is 0 Å². The van der Waals surface area contributed by atoms with Crippen LogP contribution in [0.5, 0.6) is 0 Å². The Labute approximate surface area is 167 Å². The van der Waals surface area contributed by atoms with Crippen LogP contribution in [0, 0.1) is 0 Å². The zero-order valence-corrected chi connectivity index (χ0v) is 15.8. The number of carbonyl (C=O) groups is 1. The van der Waals surface area contributed by atoms with Gasteiger partial charge in [-0.2, -0.15) is 0 Å². The summed E-state index contributed by atoms with van der Waals surface area (Å²) in [6.45, 7) is 3.11. The lowest BCUT2D eigenvalue weighted by atomic mass is 9.96. The molecule has 1 aliphatic heterocycles. The second kappa shape index (κ2) is 8.80. The fraction of sp³-hybridized carbons (Fsp3) is 0.476. The number of thiophene rings is 1. The zero-order chi connectivity index (χ0) is 22.7. The van der Waals surface area contributed by atoms with Crippen LogP contribution >= 0.6 is 11.3 Å². The van der Waals surface area contributed by atoms with E-state index in [0.717, 1.165) is 13.0 Å². The lowest BCUT2D eigenvalue weighted by Crippen LogP contribution is -2.59. The number of anilines is 1. The van der Waals surface area contributed by atoms with Crippen molar-refractivity contribution >= 4 is 22.9 Å². The Balaban J connectivity index is 1.88. The molecule has 0 bridgehead atoms. The van der Waals surface area contributed by atoms with E-state index in [4.69, 9.17) is 11.6 Å². The first kappa shape index (κ1) is 13.5. The summed E-state index contributed by atoms with van der Waals surface area (Å²) in [4.78, 5) is 17.9. The molecule has 1 aromatic carbocycles. The zero-order valence-electron chi connectivity index (χ0n) is 20.0. The van der Waals surface area contributed by atoms with Crippen LogP contribution in [-0.4, -0.2) is 43.2 Å². The Hall–Kier alpha value is -1.69. The topological polar surface area (TPSA) is 32.8 Å². The van der Waals surface area contributed by atoms with E-state index in [1.807, 2.05) is 11.4 Å². The van der Waals surface area contributed by atoms with Crippen molar-refractivity contribution in [3.05, 3.63) is 52.7 Å². The van der Waals surface area contributed by atoms with Gasteiger partial charge in [0.1, 0.15) is 5.72 Å². The molecule has 1 saturated heterocycles. The minimum absolute atomic E-state index is 0.270. The number of carbonyl (C=O) groups excluding carboxylic acids is 1. The second-order valence-corrected chi connectivity index (χ2v) is 7.48. The molecule has 1 aromatic heterocycles. The molecule has 1 fully saturated rings. The Kier molecular flexibility index (Phi) is 4.56. The van der Waals surface area contributed by atoms with E-state index >= 15 is 0 Å². The molecule has 3 rings (SSSR count). The van der Waals surface area contributed by atoms with Gasteiger partial charge in [0.25, 0.3) is 0 Å². The fourth-order valence-electron chi connectivity index (χ4n) is 3.45. The largest absolute Gasteiger partial charge is 0.358 e. The summed E-state index contributed by atoms with van der Waals surface area (Å²) in [6.07, 6.45) is -0.736. The van der Waals surface area contributed by atoms with Crippen LogP contribution in [0.15, 0.2) is 47.8 Å². The number of hydrogen-bond acceptors (Lipinski definition) is 4. The molecule has 0 saturated carbocycles. The summed E-state index contributed by atoms with van der Waals surface area (Å²) in [5.74, 6) is -0.810. The number of hydrogen-bond donors (Lipinski definition) is 0. The molecular weight excluding hydrogens is 344 g/mol. The van der Waals surface area contributed by atoms with Crippen molar-refractivity contribution in [3.8, 4) is 0 Å². The van der Waals surface area contributed by atoms with E-state index in [-0.39, 0.29) is 12.8 Å². The predicted molar refractivity (Wildman–Crippen MR) is 108 cm³/mol. The molecule has 2 heterocycles. The molecule has 0 spiro atoms. The van der Waals surface area contributed by atoms with Crippen LogP contribution in [-0.2, 0) is 16.0 Å². The van der Waals surface area contributed by atoms with Crippen LogP contribution in [0.2, 0.25) is 0 Å². The molecule has 26 heavy (non-hydrogen) atoms. The Bertz CT molecular complexity index is 845. The van der Waals surface area contributed by atoms with E-state index in [1.54, 1.807) is 41.7 Å². The molecule has 0 radical (unpaired) electrons. The Morgan fingerprint density at radius 2 is 2.08 bits per heavy atom. The molecule has 0 aliphatic carbocycles. The number of amides is 1. The number of rotatable bonds is 7. The SMILES string of the molecule is [2H]C([2H])([2H])OC1(N(C(=O)C([2H])([2H])C)c2ccccc2)CCN(CCc2cccs2)CC1. The number of ether oxygens (including phenoxy) is 1. The first-order valence-electron chi connectivity index (χ1n) is 11.3. The molecule has 5 heteroatoms. The molecule has 1 amide bonds. The van der Waals surface area contributed by atoms with Crippen molar-refractivity contribution in [1.29, 1.82) is 0 Å². The van der Waals surface area contributed by atoms with Crippen LogP contribution in [0.25, 0.3) is 0 Å². The number of para-hydroxylation sites is 1. The van der Waals surface area contributed by atoms with Gasteiger partial charge >= 0.3 is 0 Å². The van der Waals surface area contributed by atoms with Gasteiger partial charge in [0, 0.05) is 59.2 Å². The lowest BCUT2D eigenvalue weighted by molar-refractivity contribution is -0.128. The fourth-order valence-corrected chi connectivity index (χ4v) is 4.15. The smallest absolute Gasteiger partial charge is 0.229 e.